The van der Waals surface area contributed by atoms with E-state index in [0.29, 0.717) is 18.2 Å². The van der Waals surface area contributed by atoms with Crippen LogP contribution in [-0.2, 0) is 13.2 Å². The quantitative estimate of drug-likeness (QED) is 0.407. The van der Waals surface area contributed by atoms with Crippen LogP contribution in [0, 0.1) is 0 Å². The molecule has 0 saturated carbocycles. The van der Waals surface area contributed by atoms with Crippen molar-refractivity contribution in [2.75, 3.05) is 5.32 Å². The fourth-order valence-corrected chi connectivity index (χ4v) is 2.99. The van der Waals surface area contributed by atoms with Crippen molar-refractivity contribution in [1.82, 2.24) is 0 Å². The molecular weight excluding hydrogens is 465 g/mol. The van der Waals surface area contributed by atoms with Crippen LogP contribution in [-0.4, -0.2) is 0 Å². The first-order valence-corrected chi connectivity index (χ1v) is 9.72. The normalized spacial score (nSPS) is 10.5. The number of benzene rings is 3. The summed E-state index contributed by atoms with van der Waals surface area (Å²) >= 11 is 13.0. The van der Waals surface area contributed by atoms with Gasteiger partial charge < -0.3 is 10.1 Å². The van der Waals surface area contributed by atoms with Crippen LogP contribution in [0.2, 0.25) is 5.02 Å². The molecule has 0 aliphatic heterocycles. The molecule has 0 bridgehead atoms. The van der Waals surface area contributed by atoms with Crippen LogP contribution < -0.4 is 10.1 Å². The van der Waals surface area contributed by atoms with Crippen molar-refractivity contribution in [2.24, 2.45) is 0 Å². The highest BCUT2D eigenvalue weighted by atomic mass is 79.9. The first-order chi connectivity index (χ1) is 12.1. The van der Waals surface area contributed by atoms with Crippen molar-refractivity contribution >= 4 is 49.1 Å². The van der Waals surface area contributed by atoms with Crippen LogP contribution in [0.4, 0.5) is 5.69 Å². The number of nitrogens with one attached hydrogen (secondary N) is 1. The molecule has 1 N–H and O–H groups in total. The number of hydrogen-bond donors (Lipinski definition) is 1. The molecule has 3 aromatic rings. The first kappa shape index (κ1) is 18.3. The summed E-state index contributed by atoms with van der Waals surface area (Å²) in [5.74, 6) is 0.857. The third-order valence-corrected chi connectivity index (χ3v) is 5.39. The molecule has 0 radical (unpaired) electrons. The summed E-state index contributed by atoms with van der Waals surface area (Å²) in [5.41, 5.74) is 3.26. The van der Waals surface area contributed by atoms with Gasteiger partial charge >= 0.3 is 0 Å². The van der Waals surface area contributed by atoms with E-state index >= 15 is 0 Å². The highest BCUT2D eigenvalue weighted by molar-refractivity contribution is 9.10. The zero-order valence-corrected chi connectivity index (χ0v) is 17.2. The van der Waals surface area contributed by atoms with E-state index in [-0.39, 0.29) is 0 Å². The minimum atomic E-state index is 0.548. The highest BCUT2D eigenvalue weighted by Gasteiger charge is 2.01. The number of ether oxygens (including phenoxy) is 1. The van der Waals surface area contributed by atoms with E-state index in [0.717, 1.165) is 31.5 Å². The van der Waals surface area contributed by atoms with E-state index in [4.69, 9.17) is 16.3 Å². The third-order valence-electron chi connectivity index (χ3n) is 3.63. The minimum Gasteiger partial charge on any atom is -0.489 e. The molecule has 5 heteroatoms. The molecule has 128 valence electrons. The molecule has 3 aromatic carbocycles. The van der Waals surface area contributed by atoms with Gasteiger partial charge in [0.05, 0.1) is 5.02 Å². The number of halogens is 3. The molecule has 0 fully saturated rings. The van der Waals surface area contributed by atoms with Crippen LogP contribution in [0.15, 0.2) is 75.7 Å². The van der Waals surface area contributed by atoms with E-state index < -0.39 is 0 Å². The molecule has 0 saturated heterocycles. The Morgan fingerprint density at radius 1 is 0.880 bits per heavy atom. The van der Waals surface area contributed by atoms with Crippen molar-refractivity contribution in [1.29, 1.82) is 0 Å². The second-order valence-electron chi connectivity index (χ2n) is 5.54. The van der Waals surface area contributed by atoms with Gasteiger partial charge in [0.25, 0.3) is 0 Å². The molecule has 25 heavy (non-hydrogen) atoms. The maximum Gasteiger partial charge on any atom is 0.120 e. The van der Waals surface area contributed by atoms with Gasteiger partial charge in [-0.1, -0.05) is 51.8 Å². The lowest BCUT2D eigenvalue weighted by molar-refractivity contribution is 0.306. The predicted molar refractivity (Wildman–Crippen MR) is 111 cm³/mol. The Morgan fingerprint density at radius 2 is 1.68 bits per heavy atom. The van der Waals surface area contributed by atoms with Gasteiger partial charge in [0.1, 0.15) is 12.4 Å². The molecule has 0 amide bonds. The summed E-state index contributed by atoms with van der Waals surface area (Å²) in [6, 6.07) is 22.0. The van der Waals surface area contributed by atoms with Gasteiger partial charge in [-0.3, -0.25) is 0 Å². The molecule has 0 spiro atoms. The van der Waals surface area contributed by atoms with Crippen LogP contribution in [0.25, 0.3) is 0 Å². The summed E-state index contributed by atoms with van der Waals surface area (Å²) < 4.78 is 7.85. The third kappa shape index (κ3) is 5.50. The Balaban J connectivity index is 1.59. The molecule has 3 rings (SSSR count). The standard InChI is InChI=1S/C20H16Br2ClNO/c21-16-6-4-14(5-7-16)13-25-18-3-1-2-15(10-18)12-24-17-8-9-19(22)20(23)11-17/h1-11,24H,12-13H2. The van der Waals surface area contributed by atoms with Gasteiger partial charge in [0, 0.05) is 21.2 Å². The van der Waals surface area contributed by atoms with E-state index in [2.05, 4.69) is 43.2 Å². The van der Waals surface area contributed by atoms with E-state index in [1.54, 1.807) is 0 Å². The molecular formula is C20H16Br2ClNO. The van der Waals surface area contributed by atoms with Crippen molar-refractivity contribution in [2.45, 2.75) is 13.2 Å². The largest absolute Gasteiger partial charge is 0.489 e. The van der Waals surface area contributed by atoms with Gasteiger partial charge in [-0.2, -0.15) is 0 Å². The van der Waals surface area contributed by atoms with Crippen LogP contribution in [0.1, 0.15) is 11.1 Å². The first-order valence-electron chi connectivity index (χ1n) is 7.75. The monoisotopic (exact) mass is 479 g/mol. The number of anilines is 1. The Kier molecular flexibility index (Phi) is 6.40. The van der Waals surface area contributed by atoms with Crippen molar-refractivity contribution in [3.05, 3.63) is 91.8 Å². The molecule has 0 aromatic heterocycles. The van der Waals surface area contributed by atoms with Gasteiger partial charge in [-0.25, -0.2) is 0 Å². The second kappa shape index (κ2) is 8.75. The fraction of sp³-hybridized carbons (Fsp3) is 0.100. The summed E-state index contributed by atoms with van der Waals surface area (Å²) in [4.78, 5) is 0. The lowest BCUT2D eigenvalue weighted by atomic mass is 10.2. The van der Waals surface area contributed by atoms with Crippen LogP contribution in [0.3, 0.4) is 0 Å². The summed E-state index contributed by atoms with van der Waals surface area (Å²) in [6.07, 6.45) is 0. The van der Waals surface area contributed by atoms with Gasteiger partial charge in [-0.05, 0) is 69.5 Å². The molecule has 0 unspecified atom stereocenters. The van der Waals surface area contributed by atoms with Crippen molar-refractivity contribution < 1.29 is 4.74 Å². The Labute approximate surface area is 169 Å². The van der Waals surface area contributed by atoms with Gasteiger partial charge in [-0.15, -0.1) is 0 Å². The lowest BCUT2D eigenvalue weighted by Gasteiger charge is -2.10. The zero-order valence-electron chi connectivity index (χ0n) is 13.3. The topological polar surface area (TPSA) is 21.3 Å². The van der Waals surface area contributed by atoms with Crippen LogP contribution >= 0.6 is 43.5 Å². The number of rotatable bonds is 6. The summed E-state index contributed by atoms with van der Waals surface area (Å²) in [6.45, 7) is 1.25. The average molecular weight is 482 g/mol. The van der Waals surface area contributed by atoms with Crippen molar-refractivity contribution in [3.63, 3.8) is 0 Å². The van der Waals surface area contributed by atoms with E-state index in [1.807, 2.05) is 60.7 Å². The summed E-state index contributed by atoms with van der Waals surface area (Å²) in [7, 11) is 0. The predicted octanol–water partition coefficient (Wildman–Crippen LogP) is 7.06. The maximum absolute atomic E-state index is 6.12. The lowest BCUT2D eigenvalue weighted by Crippen LogP contribution is -2.00. The molecule has 0 aliphatic rings. The SMILES string of the molecule is Clc1cc(NCc2cccc(OCc3ccc(Br)cc3)c2)ccc1Br. The van der Waals surface area contributed by atoms with Crippen LogP contribution in [0.5, 0.6) is 5.75 Å². The maximum atomic E-state index is 6.12. The average Bonchev–Trinajstić information content (AvgIpc) is 2.63. The smallest absolute Gasteiger partial charge is 0.120 e. The summed E-state index contributed by atoms with van der Waals surface area (Å²) in [5, 5.41) is 4.06. The minimum absolute atomic E-state index is 0.548. The van der Waals surface area contributed by atoms with E-state index in [1.165, 1.54) is 0 Å². The Bertz CT molecular complexity index is 853. The number of hydrogen-bond acceptors (Lipinski definition) is 2. The second-order valence-corrected chi connectivity index (χ2v) is 7.72. The molecule has 0 aliphatic carbocycles. The zero-order chi connectivity index (χ0) is 17.6. The van der Waals surface area contributed by atoms with Gasteiger partial charge in [0.2, 0.25) is 0 Å². The van der Waals surface area contributed by atoms with Crippen molar-refractivity contribution in [3.8, 4) is 5.75 Å². The van der Waals surface area contributed by atoms with E-state index in [9.17, 15) is 0 Å². The highest BCUT2D eigenvalue weighted by Crippen LogP contribution is 2.26. The molecule has 0 atom stereocenters. The fourth-order valence-electron chi connectivity index (χ4n) is 2.30. The van der Waals surface area contributed by atoms with Gasteiger partial charge in [0.15, 0.2) is 0 Å². The Morgan fingerprint density at radius 3 is 2.44 bits per heavy atom. The Hall–Kier alpha value is -1.49. The molecule has 2 nitrogen and oxygen atoms in total. The molecule has 0 heterocycles.